The zero-order valence-electron chi connectivity index (χ0n) is 9.94. The Labute approximate surface area is 113 Å². The first-order chi connectivity index (χ1) is 8.82. The topological polar surface area (TPSA) is 57.5 Å². The Hall–Kier alpha value is -1.36. The molecule has 1 aliphatic carbocycles. The maximum atomic E-state index is 13.2. The van der Waals surface area contributed by atoms with Gasteiger partial charge in [0.15, 0.2) is 0 Å². The van der Waals surface area contributed by atoms with Gasteiger partial charge < -0.3 is 10.2 Å². The highest BCUT2D eigenvalue weighted by Gasteiger charge is 2.45. The molecule has 0 aliphatic heterocycles. The first kappa shape index (κ1) is 14.1. The van der Waals surface area contributed by atoms with Crippen molar-refractivity contribution < 1.29 is 23.8 Å². The summed E-state index contributed by atoms with van der Waals surface area (Å²) >= 11 is 5.88. The van der Waals surface area contributed by atoms with Gasteiger partial charge in [-0.25, -0.2) is 8.78 Å². The molecule has 0 aromatic heterocycles. The number of hydrogen-bond donors (Lipinski definition) is 2. The van der Waals surface area contributed by atoms with Gasteiger partial charge in [0.05, 0.1) is 10.9 Å². The van der Waals surface area contributed by atoms with Crippen LogP contribution in [0.15, 0.2) is 18.2 Å². The molecular formula is C13H13ClF2O3. The van der Waals surface area contributed by atoms with E-state index in [2.05, 4.69) is 0 Å². The molecule has 1 saturated carbocycles. The molecular weight excluding hydrogens is 278 g/mol. The number of rotatable bonds is 3. The van der Waals surface area contributed by atoms with Crippen molar-refractivity contribution in [3.05, 3.63) is 28.8 Å². The largest absolute Gasteiger partial charge is 0.506 e. The molecule has 0 radical (unpaired) electrons. The van der Waals surface area contributed by atoms with Crippen LogP contribution in [-0.2, 0) is 4.79 Å². The van der Waals surface area contributed by atoms with Crippen LogP contribution in [0, 0.1) is 5.92 Å². The van der Waals surface area contributed by atoms with Crippen molar-refractivity contribution in [2.45, 2.75) is 31.1 Å². The summed E-state index contributed by atoms with van der Waals surface area (Å²) in [7, 11) is 0. The molecule has 0 saturated heterocycles. The fourth-order valence-corrected chi connectivity index (χ4v) is 2.88. The second-order valence-corrected chi connectivity index (χ2v) is 5.23. The van der Waals surface area contributed by atoms with Crippen LogP contribution in [0.4, 0.5) is 8.78 Å². The van der Waals surface area contributed by atoms with Crippen LogP contribution in [0.3, 0.4) is 0 Å². The van der Waals surface area contributed by atoms with Crippen molar-refractivity contribution in [1.29, 1.82) is 0 Å². The van der Waals surface area contributed by atoms with E-state index in [1.54, 1.807) is 0 Å². The molecule has 19 heavy (non-hydrogen) atoms. The standard InChI is InChI=1S/C13H13ClF2O3/c14-11-8(2-1-3-9(11)17)10(12(18)19)7-4-5-13(15,16)6-7/h1-3,7,10,17H,4-6H2,(H,18,19)/t7-,10-/m1/s1. The van der Waals surface area contributed by atoms with Crippen LogP contribution < -0.4 is 0 Å². The van der Waals surface area contributed by atoms with Crippen LogP contribution in [0.5, 0.6) is 5.75 Å². The third-order valence-electron chi connectivity index (χ3n) is 3.52. The second kappa shape index (κ2) is 4.96. The third-order valence-corrected chi connectivity index (χ3v) is 3.93. The van der Waals surface area contributed by atoms with Crippen molar-refractivity contribution in [3.63, 3.8) is 0 Å². The number of hydrogen-bond acceptors (Lipinski definition) is 2. The van der Waals surface area contributed by atoms with Crippen LogP contribution >= 0.6 is 11.6 Å². The van der Waals surface area contributed by atoms with Gasteiger partial charge in [0.25, 0.3) is 0 Å². The summed E-state index contributed by atoms with van der Waals surface area (Å²) < 4.78 is 26.5. The molecule has 104 valence electrons. The minimum atomic E-state index is -2.82. The number of benzene rings is 1. The van der Waals surface area contributed by atoms with E-state index >= 15 is 0 Å². The number of phenolic OH excluding ortho intramolecular Hbond substituents is 1. The van der Waals surface area contributed by atoms with Gasteiger partial charge in [-0.05, 0) is 24.0 Å². The Morgan fingerprint density at radius 3 is 2.68 bits per heavy atom. The summed E-state index contributed by atoms with van der Waals surface area (Å²) in [5.74, 6) is -6.05. The first-order valence-electron chi connectivity index (χ1n) is 5.90. The van der Waals surface area contributed by atoms with E-state index in [1.165, 1.54) is 18.2 Å². The number of alkyl halides is 2. The Morgan fingerprint density at radius 1 is 1.47 bits per heavy atom. The van der Waals surface area contributed by atoms with Gasteiger partial charge in [0.1, 0.15) is 5.75 Å². The van der Waals surface area contributed by atoms with Crippen LogP contribution in [0.25, 0.3) is 0 Å². The van der Waals surface area contributed by atoms with Crippen LogP contribution in [0.1, 0.15) is 30.7 Å². The summed E-state index contributed by atoms with van der Waals surface area (Å²) in [4.78, 5) is 11.4. The first-order valence-corrected chi connectivity index (χ1v) is 6.27. The Morgan fingerprint density at radius 2 is 2.16 bits per heavy atom. The normalized spacial score (nSPS) is 23.2. The smallest absolute Gasteiger partial charge is 0.311 e. The Bertz CT molecular complexity index is 505. The number of halogens is 3. The Balaban J connectivity index is 2.36. The van der Waals surface area contributed by atoms with Crippen molar-refractivity contribution in [2.24, 2.45) is 5.92 Å². The predicted molar refractivity (Wildman–Crippen MR) is 65.8 cm³/mol. The van der Waals surface area contributed by atoms with Gasteiger partial charge in [0, 0.05) is 12.8 Å². The predicted octanol–water partition coefficient (Wildman–Crippen LogP) is 3.65. The maximum Gasteiger partial charge on any atom is 0.311 e. The SMILES string of the molecule is O=C(O)[C@@H](c1cccc(O)c1Cl)[C@@H]1CCC(F)(F)C1. The fourth-order valence-electron chi connectivity index (χ4n) is 2.63. The fraction of sp³-hybridized carbons (Fsp3) is 0.462. The lowest BCUT2D eigenvalue weighted by Crippen LogP contribution is -2.22. The van der Waals surface area contributed by atoms with Gasteiger partial charge >= 0.3 is 5.97 Å². The summed E-state index contributed by atoms with van der Waals surface area (Å²) in [5, 5.41) is 18.7. The molecule has 1 fully saturated rings. The van der Waals surface area contributed by atoms with Gasteiger partial charge in [-0.1, -0.05) is 23.7 Å². The van der Waals surface area contributed by atoms with Gasteiger partial charge in [-0.3, -0.25) is 4.79 Å². The monoisotopic (exact) mass is 290 g/mol. The Kier molecular flexibility index (Phi) is 3.67. The number of aromatic hydroxyl groups is 1. The van der Waals surface area contributed by atoms with Crippen molar-refractivity contribution in [2.75, 3.05) is 0 Å². The minimum Gasteiger partial charge on any atom is -0.506 e. The van der Waals surface area contributed by atoms with E-state index in [0.29, 0.717) is 0 Å². The molecule has 1 aliphatic rings. The van der Waals surface area contributed by atoms with Gasteiger partial charge in [-0.2, -0.15) is 0 Å². The summed E-state index contributed by atoms with van der Waals surface area (Å²) in [6.45, 7) is 0. The van der Waals surface area contributed by atoms with E-state index in [0.717, 1.165) is 0 Å². The quantitative estimate of drug-likeness (QED) is 0.893. The number of phenols is 1. The zero-order chi connectivity index (χ0) is 14.2. The highest BCUT2D eigenvalue weighted by Crippen LogP contribution is 2.47. The summed E-state index contributed by atoms with van der Waals surface area (Å²) in [6, 6.07) is 4.24. The van der Waals surface area contributed by atoms with Crippen LogP contribution in [-0.4, -0.2) is 22.1 Å². The van der Waals surface area contributed by atoms with Crippen LogP contribution in [0.2, 0.25) is 5.02 Å². The number of aliphatic carboxylic acids is 1. The zero-order valence-corrected chi connectivity index (χ0v) is 10.7. The molecule has 6 heteroatoms. The highest BCUT2D eigenvalue weighted by atomic mass is 35.5. The molecule has 0 spiro atoms. The van der Waals surface area contributed by atoms with Crippen molar-refractivity contribution in [3.8, 4) is 5.75 Å². The van der Waals surface area contributed by atoms with E-state index in [4.69, 9.17) is 11.6 Å². The molecule has 2 rings (SSSR count). The molecule has 3 nitrogen and oxygen atoms in total. The second-order valence-electron chi connectivity index (χ2n) is 4.86. The number of carboxylic acids is 1. The molecule has 0 bridgehead atoms. The molecule has 0 amide bonds. The number of carbonyl (C=O) groups is 1. The van der Waals surface area contributed by atoms with E-state index < -0.39 is 30.1 Å². The van der Waals surface area contributed by atoms with E-state index in [-0.39, 0.29) is 29.2 Å². The lowest BCUT2D eigenvalue weighted by molar-refractivity contribution is -0.140. The molecule has 0 unspecified atom stereocenters. The lowest BCUT2D eigenvalue weighted by atomic mass is 9.84. The average Bonchev–Trinajstić information content (AvgIpc) is 2.65. The minimum absolute atomic E-state index is 0.0786. The van der Waals surface area contributed by atoms with Gasteiger partial charge in [0.2, 0.25) is 5.92 Å². The molecule has 2 N–H and O–H groups in total. The maximum absolute atomic E-state index is 13.2. The molecule has 2 atom stereocenters. The molecule has 0 heterocycles. The molecule has 1 aromatic rings. The molecule has 1 aromatic carbocycles. The van der Waals surface area contributed by atoms with E-state index in [9.17, 15) is 23.8 Å². The summed E-state index contributed by atoms with van der Waals surface area (Å²) in [6.07, 6.45) is -0.635. The highest BCUT2D eigenvalue weighted by molar-refractivity contribution is 6.33. The lowest BCUT2D eigenvalue weighted by Gasteiger charge is -2.21. The van der Waals surface area contributed by atoms with Crippen molar-refractivity contribution in [1.82, 2.24) is 0 Å². The average molecular weight is 291 g/mol. The number of carboxylic acid groups (broad SMARTS) is 1. The van der Waals surface area contributed by atoms with E-state index in [1.807, 2.05) is 0 Å². The summed E-state index contributed by atoms with van der Waals surface area (Å²) in [5.41, 5.74) is 0.192. The third kappa shape index (κ3) is 2.81. The van der Waals surface area contributed by atoms with Crippen molar-refractivity contribution >= 4 is 17.6 Å². The van der Waals surface area contributed by atoms with Gasteiger partial charge in [-0.15, -0.1) is 0 Å².